The van der Waals surface area contributed by atoms with Gasteiger partial charge in [0.1, 0.15) is 0 Å². The van der Waals surface area contributed by atoms with Crippen LogP contribution in [0.3, 0.4) is 0 Å². The molecule has 0 unspecified atom stereocenters. The summed E-state index contributed by atoms with van der Waals surface area (Å²) in [5, 5.41) is 5.54. The molecule has 1 aromatic carbocycles. The van der Waals surface area contributed by atoms with E-state index in [1.165, 1.54) is 5.56 Å². The summed E-state index contributed by atoms with van der Waals surface area (Å²) in [4.78, 5) is 11.3. The van der Waals surface area contributed by atoms with Crippen LogP contribution in [0.2, 0.25) is 0 Å². The SMILES string of the molecule is Cc1ccccc1CNC(=O)NCCCCl. The van der Waals surface area contributed by atoms with Gasteiger partial charge in [0.2, 0.25) is 0 Å². The lowest BCUT2D eigenvalue weighted by Crippen LogP contribution is -2.35. The molecule has 0 heterocycles. The molecule has 2 N–H and O–H groups in total. The number of carbonyl (C=O) groups excluding carboxylic acids is 1. The molecule has 0 aromatic heterocycles. The second-order valence-electron chi connectivity index (χ2n) is 3.58. The molecular formula is C12H17ClN2O. The lowest BCUT2D eigenvalue weighted by molar-refractivity contribution is 0.240. The van der Waals surface area contributed by atoms with Gasteiger partial charge in [0.25, 0.3) is 0 Å². The molecule has 0 aliphatic rings. The van der Waals surface area contributed by atoms with Gasteiger partial charge in [0, 0.05) is 19.0 Å². The number of alkyl halides is 1. The average Bonchev–Trinajstić information content (AvgIpc) is 2.28. The summed E-state index contributed by atoms with van der Waals surface area (Å²) in [6, 6.07) is 7.85. The van der Waals surface area contributed by atoms with Crippen molar-refractivity contribution in [3.05, 3.63) is 35.4 Å². The molecule has 0 saturated heterocycles. The maximum atomic E-state index is 11.3. The topological polar surface area (TPSA) is 41.1 Å². The van der Waals surface area contributed by atoms with E-state index in [2.05, 4.69) is 10.6 Å². The van der Waals surface area contributed by atoms with Crippen molar-refractivity contribution in [1.82, 2.24) is 10.6 Å². The third kappa shape index (κ3) is 4.53. The molecule has 0 bridgehead atoms. The van der Waals surface area contributed by atoms with E-state index in [0.717, 1.165) is 12.0 Å². The summed E-state index contributed by atoms with van der Waals surface area (Å²) in [5.74, 6) is 0.568. The molecule has 0 aliphatic carbocycles. The van der Waals surface area contributed by atoms with Crippen molar-refractivity contribution in [2.75, 3.05) is 12.4 Å². The van der Waals surface area contributed by atoms with Crippen molar-refractivity contribution in [1.29, 1.82) is 0 Å². The Hall–Kier alpha value is -1.22. The summed E-state index contributed by atoms with van der Waals surface area (Å²) in [6.45, 7) is 3.20. The molecule has 0 spiro atoms. The van der Waals surface area contributed by atoms with E-state index in [1.807, 2.05) is 31.2 Å². The van der Waals surface area contributed by atoms with Gasteiger partial charge < -0.3 is 10.6 Å². The first-order valence-corrected chi connectivity index (χ1v) is 5.89. The minimum Gasteiger partial charge on any atom is -0.338 e. The van der Waals surface area contributed by atoms with Crippen molar-refractivity contribution in [3.8, 4) is 0 Å². The number of urea groups is 1. The fourth-order valence-electron chi connectivity index (χ4n) is 1.32. The molecule has 2 amide bonds. The van der Waals surface area contributed by atoms with E-state index in [1.54, 1.807) is 0 Å². The van der Waals surface area contributed by atoms with Gasteiger partial charge in [0.15, 0.2) is 0 Å². The normalized spacial score (nSPS) is 9.88. The lowest BCUT2D eigenvalue weighted by atomic mass is 10.1. The molecule has 16 heavy (non-hydrogen) atoms. The average molecular weight is 241 g/mol. The quantitative estimate of drug-likeness (QED) is 0.602. The molecule has 0 fully saturated rings. The second-order valence-corrected chi connectivity index (χ2v) is 3.96. The zero-order valence-electron chi connectivity index (χ0n) is 9.42. The van der Waals surface area contributed by atoms with Crippen LogP contribution in [0.4, 0.5) is 4.79 Å². The van der Waals surface area contributed by atoms with Crippen molar-refractivity contribution in [2.45, 2.75) is 19.9 Å². The first-order chi connectivity index (χ1) is 7.74. The molecule has 0 saturated carbocycles. The van der Waals surface area contributed by atoms with Crippen LogP contribution in [0.25, 0.3) is 0 Å². The minimum absolute atomic E-state index is 0.145. The zero-order valence-corrected chi connectivity index (χ0v) is 10.2. The number of benzene rings is 1. The molecule has 88 valence electrons. The van der Waals surface area contributed by atoms with Gasteiger partial charge in [-0.25, -0.2) is 4.79 Å². The Morgan fingerprint density at radius 3 is 2.75 bits per heavy atom. The van der Waals surface area contributed by atoms with E-state index in [4.69, 9.17) is 11.6 Å². The van der Waals surface area contributed by atoms with Gasteiger partial charge in [-0.1, -0.05) is 24.3 Å². The standard InChI is InChI=1S/C12H17ClN2O/c1-10-5-2-3-6-11(10)9-15-12(16)14-8-4-7-13/h2-3,5-6H,4,7-9H2,1H3,(H2,14,15,16). The number of amides is 2. The number of rotatable bonds is 5. The highest BCUT2D eigenvalue weighted by atomic mass is 35.5. The molecule has 3 nitrogen and oxygen atoms in total. The summed E-state index contributed by atoms with van der Waals surface area (Å²) >= 11 is 5.51. The highest BCUT2D eigenvalue weighted by molar-refractivity contribution is 6.17. The Balaban J connectivity index is 2.29. The lowest BCUT2D eigenvalue weighted by Gasteiger charge is -2.08. The number of halogens is 1. The number of aryl methyl sites for hydroxylation is 1. The molecule has 0 aliphatic heterocycles. The van der Waals surface area contributed by atoms with Crippen LogP contribution in [-0.2, 0) is 6.54 Å². The third-order valence-electron chi connectivity index (χ3n) is 2.30. The fraction of sp³-hybridized carbons (Fsp3) is 0.417. The highest BCUT2D eigenvalue weighted by Crippen LogP contribution is 2.05. The maximum absolute atomic E-state index is 11.3. The van der Waals surface area contributed by atoms with Gasteiger partial charge in [-0.05, 0) is 24.5 Å². The van der Waals surface area contributed by atoms with Crippen LogP contribution in [0.5, 0.6) is 0 Å². The van der Waals surface area contributed by atoms with E-state index >= 15 is 0 Å². The second kappa shape index (κ2) is 7.12. The van der Waals surface area contributed by atoms with Gasteiger partial charge in [0.05, 0.1) is 0 Å². The summed E-state index contributed by atoms with van der Waals surface area (Å²) in [7, 11) is 0. The van der Waals surface area contributed by atoms with Crippen LogP contribution in [0.15, 0.2) is 24.3 Å². The Labute approximate surface area is 101 Å². The van der Waals surface area contributed by atoms with Crippen LogP contribution in [0.1, 0.15) is 17.5 Å². The van der Waals surface area contributed by atoms with Crippen LogP contribution in [-0.4, -0.2) is 18.5 Å². The number of carbonyl (C=O) groups is 1. The Kier molecular flexibility index (Phi) is 5.72. The number of hydrogen-bond acceptors (Lipinski definition) is 1. The van der Waals surface area contributed by atoms with Crippen LogP contribution < -0.4 is 10.6 Å². The van der Waals surface area contributed by atoms with Crippen molar-refractivity contribution < 1.29 is 4.79 Å². The maximum Gasteiger partial charge on any atom is 0.315 e. The van der Waals surface area contributed by atoms with Gasteiger partial charge in [-0.15, -0.1) is 11.6 Å². The number of hydrogen-bond donors (Lipinski definition) is 2. The molecular weight excluding hydrogens is 224 g/mol. The predicted molar refractivity (Wildman–Crippen MR) is 66.8 cm³/mol. The van der Waals surface area contributed by atoms with Crippen molar-refractivity contribution in [2.24, 2.45) is 0 Å². The Morgan fingerprint density at radius 2 is 2.06 bits per heavy atom. The first-order valence-electron chi connectivity index (χ1n) is 5.36. The van der Waals surface area contributed by atoms with Crippen molar-refractivity contribution in [3.63, 3.8) is 0 Å². The summed E-state index contributed by atoms with van der Waals surface area (Å²) in [6.07, 6.45) is 0.791. The molecule has 4 heteroatoms. The summed E-state index contributed by atoms with van der Waals surface area (Å²) < 4.78 is 0. The van der Waals surface area contributed by atoms with E-state index in [0.29, 0.717) is 19.0 Å². The largest absolute Gasteiger partial charge is 0.338 e. The Morgan fingerprint density at radius 1 is 1.31 bits per heavy atom. The third-order valence-corrected chi connectivity index (χ3v) is 2.56. The van der Waals surface area contributed by atoms with Crippen LogP contribution >= 0.6 is 11.6 Å². The smallest absolute Gasteiger partial charge is 0.315 e. The van der Waals surface area contributed by atoms with E-state index in [-0.39, 0.29) is 6.03 Å². The van der Waals surface area contributed by atoms with Crippen molar-refractivity contribution >= 4 is 17.6 Å². The van der Waals surface area contributed by atoms with E-state index in [9.17, 15) is 4.79 Å². The monoisotopic (exact) mass is 240 g/mol. The van der Waals surface area contributed by atoms with Gasteiger partial charge >= 0.3 is 6.03 Å². The summed E-state index contributed by atoms with van der Waals surface area (Å²) in [5.41, 5.74) is 2.32. The fourth-order valence-corrected chi connectivity index (χ4v) is 1.45. The zero-order chi connectivity index (χ0) is 11.8. The molecule has 1 aromatic rings. The number of nitrogens with one attached hydrogen (secondary N) is 2. The van der Waals surface area contributed by atoms with E-state index < -0.39 is 0 Å². The Bertz CT molecular complexity index is 342. The first kappa shape index (κ1) is 12.8. The van der Waals surface area contributed by atoms with Crippen LogP contribution in [0, 0.1) is 6.92 Å². The highest BCUT2D eigenvalue weighted by Gasteiger charge is 2.00. The molecule has 1 rings (SSSR count). The minimum atomic E-state index is -0.145. The molecule has 0 atom stereocenters. The predicted octanol–water partition coefficient (Wildman–Crippen LogP) is 2.42. The molecule has 0 radical (unpaired) electrons. The van der Waals surface area contributed by atoms with Gasteiger partial charge in [-0.2, -0.15) is 0 Å². The van der Waals surface area contributed by atoms with Gasteiger partial charge in [-0.3, -0.25) is 0 Å².